The Morgan fingerprint density at radius 3 is 2.50 bits per heavy atom. The molecule has 6 nitrogen and oxygen atoms in total. The van der Waals surface area contributed by atoms with Crippen LogP contribution in [0.3, 0.4) is 0 Å². The molecule has 0 spiro atoms. The third-order valence-electron chi connectivity index (χ3n) is 4.50. The third kappa shape index (κ3) is 5.59. The van der Waals surface area contributed by atoms with Crippen molar-refractivity contribution in [1.82, 2.24) is 9.62 Å². The lowest BCUT2D eigenvalue weighted by Crippen LogP contribution is -2.42. The van der Waals surface area contributed by atoms with E-state index in [2.05, 4.69) is 5.32 Å². The SMILES string of the molecule is CCOc1ccc(S(=O)(=O)N(C)CC(=O)NC2CCCCCC2)cc1Cl. The van der Waals surface area contributed by atoms with Gasteiger partial charge in [-0.05, 0) is 38.0 Å². The number of hydrogen-bond acceptors (Lipinski definition) is 4. The second-order valence-corrected chi connectivity index (χ2v) is 8.99. The zero-order valence-corrected chi connectivity index (χ0v) is 16.9. The van der Waals surface area contributed by atoms with Crippen molar-refractivity contribution in [1.29, 1.82) is 0 Å². The lowest BCUT2D eigenvalue weighted by molar-refractivity contribution is -0.121. The van der Waals surface area contributed by atoms with E-state index in [0.717, 1.165) is 30.0 Å². The molecule has 0 saturated heterocycles. The number of hydrogen-bond donors (Lipinski definition) is 1. The highest BCUT2D eigenvalue weighted by atomic mass is 35.5. The molecule has 8 heteroatoms. The van der Waals surface area contributed by atoms with Gasteiger partial charge >= 0.3 is 0 Å². The molecule has 2 rings (SSSR count). The average Bonchev–Trinajstić information content (AvgIpc) is 2.85. The van der Waals surface area contributed by atoms with E-state index in [1.807, 2.05) is 6.92 Å². The van der Waals surface area contributed by atoms with Crippen LogP contribution in [0.4, 0.5) is 0 Å². The van der Waals surface area contributed by atoms with Crippen molar-refractivity contribution in [2.75, 3.05) is 20.2 Å². The maximum atomic E-state index is 12.7. The van der Waals surface area contributed by atoms with Crippen LogP contribution in [0.2, 0.25) is 5.02 Å². The molecule has 26 heavy (non-hydrogen) atoms. The minimum absolute atomic E-state index is 0.0377. The molecule has 1 aliphatic carbocycles. The molecule has 1 aromatic rings. The zero-order valence-electron chi connectivity index (χ0n) is 15.3. The largest absolute Gasteiger partial charge is 0.492 e. The highest BCUT2D eigenvalue weighted by molar-refractivity contribution is 7.89. The van der Waals surface area contributed by atoms with Gasteiger partial charge in [-0.3, -0.25) is 4.79 Å². The molecule has 1 aliphatic rings. The van der Waals surface area contributed by atoms with E-state index in [1.165, 1.54) is 38.1 Å². The summed E-state index contributed by atoms with van der Waals surface area (Å²) in [6.07, 6.45) is 6.50. The van der Waals surface area contributed by atoms with Gasteiger partial charge in [-0.2, -0.15) is 4.31 Å². The first-order chi connectivity index (χ1) is 12.3. The predicted molar refractivity (Wildman–Crippen MR) is 102 cm³/mol. The molecule has 0 bridgehead atoms. The molecule has 1 aromatic carbocycles. The Balaban J connectivity index is 2.01. The fourth-order valence-electron chi connectivity index (χ4n) is 3.08. The Kier molecular flexibility index (Phi) is 7.73. The molecule has 0 aromatic heterocycles. The van der Waals surface area contributed by atoms with Crippen molar-refractivity contribution < 1.29 is 17.9 Å². The van der Waals surface area contributed by atoms with E-state index in [0.29, 0.717) is 12.4 Å². The van der Waals surface area contributed by atoms with Gasteiger partial charge < -0.3 is 10.1 Å². The fraction of sp³-hybridized carbons (Fsp3) is 0.611. The van der Waals surface area contributed by atoms with Gasteiger partial charge in [0.05, 0.1) is 23.1 Å². The van der Waals surface area contributed by atoms with E-state index < -0.39 is 10.0 Å². The standard InChI is InChI=1S/C18H27ClN2O4S/c1-3-25-17-11-10-15(12-16(17)19)26(23,24)21(2)13-18(22)20-14-8-6-4-5-7-9-14/h10-12,14H,3-9,13H2,1-2H3,(H,20,22). The van der Waals surface area contributed by atoms with Gasteiger partial charge in [0.2, 0.25) is 15.9 Å². The van der Waals surface area contributed by atoms with Crippen LogP contribution in [0.1, 0.15) is 45.4 Å². The predicted octanol–water partition coefficient (Wildman–Crippen LogP) is 3.20. The van der Waals surface area contributed by atoms with Gasteiger partial charge in [0.1, 0.15) is 5.75 Å². The first-order valence-corrected chi connectivity index (χ1v) is 10.8. The fourth-order valence-corrected chi connectivity index (χ4v) is 4.53. The summed E-state index contributed by atoms with van der Waals surface area (Å²) in [5.74, 6) is 0.155. The third-order valence-corrected chi connectivity index (χ3v) is 6.59. The molecular formula is C18H27ClN2O4S. The lowest BCUT2D eigenvalue weighted by atomic mass is 10.1. The van der Waals surface area contributed by atoms with Crippen molar-refractivity contribution in [3.05, 3.63) is 23.2 Å². The Bertz CT molecular complexity index is 716. The molecule has 1 fully saturated rings. The summed E-state index contributed by atoms with van der Waals surface area (Å²) in [6.45, 7) is 2.04. The summed E-state index contributed by atoms with van der Waals surface area (Å²) >= 11 is 6.08. The van der Waals surface area contributed by atoms with Crippen molar-refractivity contribution in [2.45, 2.75) is 56.4 Å². The molecule has 1 saturated carbocycles. The average molecular weight is 403 g/mol. The molecule has 0 aliphatic heterocycles. The van der Waals surface area contributed by atoms with Crippen LogP contribution >= 0.6 is 11.6 Å². The van der Waals surface area contributed by atoms with Crippen molar-refractivity contribution in [2.24, 2.45) is 0 Å². The summed E-state index contributed by atoms with van der Waals surface area (Å²) in [5, 5.41) is 3.19. The molecule has 1 N–H and O–H groups in total. The van der Waals surface area contributed by atoms with Crippen LogP contribution in [0.5, 0.6) is 5.75 Å². The first-order valence-electron chi connectivity index (χ1n) is 9.02. The first kappa shape index (κ1) is 21.0. The van der Waals surface area contributed by atoms with E-state index in [4.69, 9.17) is 16.3 Å². The molecule has 1 amide bonds. The summed E-state index contributed by atoms with van der Waals surface area (Å²) in [6, 6.07) is 4.45. The number of halogens is 1. The number of benzene rings is 1. The molecule has 0 heterocycles. The van der Waals surface area contributed by atoms with Gasteiger partial charge in [0, 0.05) is 13.1 Å². The number of carbonyl (C=O) groups excluding carboxylic acids is 1. The summed E-state index contributed by atoms with van der Waals surface area (Å²) in [5.41, 5.74) is 0. The number of rotatable bonds is 7. The minimum Gasteiger partial charge on any atom is -0.492 e. The van der Waals surface area contributed by atoms with Crippen LogP contribution in [-0.2, 0) is 14.8 Å². The number of sulfonamides is 1. The second kappa shape index (κ2) is 9.58. The topological polar surface area (TPSA) is 75.7 Å². The van der Waals surface area contributed by atoms with Gasteiger partial charge in [-0.1, -0.05) is 37.3 Å². The van der Waals surface area contributed by atoms with Crippen LogP contribution in [0.25, 0.3) is 0 Å². The molecule has 0 radical (unpaired) electrons. The number of nitrogens with one attached hydrogen (secondary N) is 1. The van der Waals surface area contributed by atoms with Crippen molar-refractivity contribution in [3.8, 4) is 5.75 Å². The van der Waals surface area contributed by atoms with Gasteiger partial charge in [-0.15, -0.1) is 0 Å². The normalized spacial score (nSPS) is 16.3. The van der Waals surface area contributed by atoms with Gasteiger partial charge in [0.25, 0.3) is 0 Å². The van der Waals surface area contributed by atoms with E-state index >= 15 is 0 Å². The molecule has 0 unspecified atom stereocenters. The second-order valence-electron chi connectivity index (χ2n) is 6.54. The highest BCUT2D eigenvalue weighted by Gasteiger charge is 2.25. The van der Waals surface area contributed by atoms with Crippen LogP contribution < -0.4 is 10.1 Å². The summed E-state index contributed by atoms with van der Waals surface area (Å²) < 4.78 is 31.7. The summed E-state index contributed by atoms with van der Waals surface area (Å²) in [4.78, 5) is 12.3. The Morgan fingerprint density at radius 1 is 1.27 bits per heavy atom. The van der Waals surface area contributed by atoms with Gasteiger partial charge in [-0.25, -0.2) is 8.42 Å². The molecular weight excluding hydrogens is 376 g/mol. The Hall–Kier alpha value is -1.31. The minimum atomic E-state index is -3.80. The maximum Gasteiger partial charge on any atom is 0.243 e. The van der Waals surface area contributed by atoms with Crippen molar-refractivity contribution in [3.63, 3.8) is 0 Å². The van der Waals surface area contributed by atoms with Crippen molar-refractivity contribution >= 4 is 27.5 Å². The maximum absolute atomic E-state index is 12.7. The lowest BCUT2D eigenvalue weighted by Gasteiger charge is -2.20. The number of nitrogens with zero attached hydrogens (tertiary/aromatic N) is 1. The zero-order chi connectivity index (χ0) is 19.2. The van der Waals surface area contributed by atoms with Gasteiger partial charge in [0.15, 0.2) is 0 Å². The number of carbonyl (C=O) groups is 1. The van der Waals surface area contributed by atoms with E-state index in [1.54, 1.807) is 0 Å². The Labute approximate surface area is 160 Å². The van der Waals surface area contributed by atoms with Crippen LogP contribution in [0.15, 0.2) is 23.1 Å². The quantitative estimate of drug-likeness (QED) is 0.710. The Morgan fingerprint density at radius 2 is 1.92 bits per heavy atom. The molecule has 146 valence electrons. The number of ether oxygens (including phenoxy) is 1. The van der Waals surface area contributed by atoms with Crippen LogP contribution in [-0.4, -0.2) is 44.9 Å². The number of amides is 1. The molecule has 0 atom stereocenters. The number of likely N-dealkylation sites (N-methyl/N-ethyl adjacent to an activating group) is 1. The summed E-state index contributed by atoms with van der Waals surface area (Å²) in [7, 11) is -2.41. The monoisotopic (exact) mass is 402 g/mol. The highest BCUT2D eigenvalue weighted by Crippen LogP contribution is 2.28. The smallest absolute Gasteiger partial charge is 0.243 e. The van der Waals surface area contributed by atoms with Crippen LogP contribution in [0, 0.1) is 0 Å². The van der Waals surface area contributed by atoms with E-state index in [-0.39, 0.29) is 28.4 Å². The van der Waals surface area contributed by atoms with E-state index in [9.17, 15) is 13.2 Å².